The monoisotopic (exact) mass is 905 g/mol. The van der Waals surface area contributed by atoms with E-state index in [2.05, 4.69) is 40.4 Å². The van der Waals surface area contributed by atoms with E-state index >= 15 is 0 Å². The van der Waals surface area contributed by atoms with Gasteiger partial charge in [0.15, 0.2) is 0 Å². The van der Waals surface area contributed by atoms with Crippen LogP contribution in [0.25, 0.3) is 11.1 Å². The Morgan fingerprint density at radius 1 is 0.677 bits per heavy atom. The lowest BCUT2D eigenvalue weighted by Gasteiger charge is -2.22. The fraction of sp³-hybridized carbons (Fsp3) is 0.217. The molecule has 62 heavy (non-hydrogen) atoms. The summed E-state index contributed by atoms with van der Waals surface area (Å²) in [6.07, 6.45) is 5.32. The zero-order valence-corrected chi connectivity index (χ0v) is 35.7. The van der Waals surface area contributed by atoms with Crippen molar-refractivity contribution in [3.63, 3.8) is 0 Å². The van der Waals surface area contributed by atoms with Crippen molar-refractivity contribution >= 4 is 46.8 Å². The number of nitrogens with two attached hydrogens (primary N) is 2. The molecule has 8 rings (SSSR count). The minimum absolute atomic E-state index is 0.0114. The molecule has 6 aromatic rings. The number of halogens is 3. The van der Waals surface area contributed by atoms with Crippen LogP contribution < -0.4 is 35.4 Å². The van der Waals surface area contributed by atoms with E-state index in [1.165, 1.54) is 36.4 Å². The van der Waals surface area contributed by atoms with Gasteiger partial charge in [-0.3, -0.25) is 9.59 Å². The Morgan fingerprint density at radius 3 is 1.61 bits per heavy atom. The molecule has 2 aliphatic heterocycles. The van der Waals surface area contributed by atoms with E-state index in [0.717, 1.165) is 64.0 Å². The molecule has 319 valence electrons. The second-order valence-electron chi connectivity index (χ2n) is 14.6. The van der Waals surface area contributed by atoms with Crippen molar-refractivity contribution in [3.05, 3.63) is 160 Å². The fourth-order valence-corrected chi connectivity index (χ4v) is 7.22. The van der Waals surface area contributed by atoms with Crippen LogP contribution in [-0.4, -0.2) is 72.9 Å². The smallest absolute Gasteiger partial charge is 0.537 e. The van der Waals surface area contributed by atoms with E-state index < -0.39 is 11.8 Å². The molecule has 2 aliphatic rings. The van der Waals surface area contributed by atoms with E-state index in [4.69, 9.17) is 26.0 Å². The number of rotatable bonds is 11. The van der Waals surface area contributed by atoms with Crippen molar-refractivity contribution in [1.82, 2.24) is 9.97 Å². The fourth-order valence-electron chi connectivity index (χ4n) is 6.86. The number of benzene rings is 4. The molecule has 16 heteroatoms. The van der Waals surface area contributed by atoms with Gasteiger partial charge >= 0.3 is 7.69 Å². The lowest BCUT2D eigenvalue weighted by atomic mass is 10.0. The summed E-state index contributed by atoms with van der Waals surface area (Å²) < 4.78 is 42.7. The van der Waals surface area contributed by atoms with Crippen LogP contribution in [0.15, 0.2) is 126 Å². The van der Waals surface area contributed by atoms with E-state index in [-0.39, 0.29) is 23.8 Å². The number of anilines is 2. The zero-order valence-electron chi connectivity index (χ0n) is 34.1. The second kappa shape index (κ2) is 21.3. The molecule has 0 saturated carbocycles. The van der Waals surface area contributed by atoms with Crippen molar-refractivity contribution in [3.8, 4) is 28.6 Å². The minimum Gasteiger partial charge on any atom is -0.537 e. The van der Waals surface area contributed by atoms with Crippen LogP contribution in [0.4, 0.5) is 20.2 Å². The van der Waals surface area contributed by atoms with Crippen LogP contribution in [0.5, 0.6) is 17.5 Å². The van der Waals surface area contributed by atoms with Crippen LogP contribution in [-0.2, 0) is 0 Å². The van der Waals surface area contributed by atoms with Gasteiger partial charge in [0, 0.05) is 66.3 Å². The molecule has 4 aromatic carbocycles. The van der Waals surface area contributed by atoms with Crippen molar-refractivity contribution in [2.75, 3.05) is 36.0 Å². The van der Waals surface area contributed by atoms with Gasteiger partial charge in [0.1, 0.15) is 29.6 Å². The van der Waals surface area contributed by atoms with Crippen LogP contribution in [0.3, 0.4) is 0 Å². The first-order valence-corrected chi connectivity index (χ1v) is 20.5. The number of ether oxygens (including phenoxy) is 2. The number of nitrogens with zero attached hydrogens (tertiary/aromatic N) is 4. The highest BCUT2D eigenvalue weighted by atomic mass is 79.9. The highest BCUT2D eigenvalue weighted by Gasteiger charge is 2.28. The second-order valence-corrected chi connectivity index (χ2v) is 15.5. The Labute approximate surface area is 367 Å². The van der Waals surface area contributed by atoms with Crippen molar-refractivity contribution in [2.24, 2.45) is 11.5 Å². The third kappa shape index (κ3) is 12.5. The number of amides is 2. The first-order valence-electron chi connectivity index (χ1n) is 19.7. The summed E-state index contributed by atoms with van der Waals surface area (Å²) in [5.41, 5.74) is 17.6. The number of pyridine rings is 2. The van der Waals surface area contributed by atoms with Crippen LogP contribution in [0, 0.1) is 25.5 Å². The summed E-state index contributed by atoms with van der Waals surface area (Å²) in [6.45, 7) is 6.90. The number of hydrogen-bond acceptors (Lipinski definition) is 10. The van der Waals surface area contributed by atoms with E-state index in [1.54, 1.807) is 36.7 Å². The maximum Gasteiger partial charge on any atom is 0.569 e. The molecule has 0 spiro atoms. The average Bonchev–Trinajstić information content (AvgIpc) is 3.94. The van der Waals surface area contributed by atoms with Crippen molar-refractivity contribution < 1.29 is 37.5 Å². The Hall–Kier alpha value is -6.52. The lowest BCUT2D eigenvalue weighted by molar-refractivity contribution is 0.0992. The van der Waals surface area contributed by atoms with Gasteiger partial charge in [-0.05, 0) is 103 Å². The number of aromatic nitrogens is 2. The topological polar surface area (TPSA) is 166 Å². The van der Waals surface area contributed by atoms with Crippen molar-refractivity contribution in [1.29, 1.82) is 0 Å². The van der Waals surface area contributed by atoms with Crippen LogP contribution in [0.1, 0.15) is 44.7 Å². The van der Waals surface area contributed by atoms with Crippen molar-refractivity contribution in [2.45, 2.75) is 38.9 Å². The molecule has 1 radical (unpaired) electrons. The molecule has 2 fully saturated rings. The van der Waals surface area contributed by atoms with E-state index in [0.29, 0.717) is 49.4 Å². The third-order valence-electron chi connectivity index (χ3n) is 9.98. The number of hydrogen-bond donors (Lipinski definition) is 3. The summed E-state index contributed by atoms with van der Waals surface area (Å²) in [5.74, 6) is 0.0953. The van der Waals surface area contributed by atoms with E-state index in [9.17, 15) is 18.4 Å². The standard InChI is InChI=1S/C23H22FN3O2.C17H18BrN3O2.C6H5BFO2/c1-15-2-9-22(26-13-15)29-19-10-11-27(14-19)21-8-5-17(12-20(21)23(25)28)16-3-6-18(24)7-4-16;1-11-2-5-16(20-9-11)23-13-6-7-21(10-13)15-4-3-12(18)8-14(15)17(19)22;8-5-1-3-6(4-2-5)10-7-9/h2-9,12-13,19H,10-11,14H2,1H3,(H2,25,28);2-5,8-9,13H,6-7,10H2,1H3,(H2,19,22);1-4,9H/t19-;13-;/m00./s1. The normalized spacial score (nSPS) is 15.4. The summed E-state index contributed by atoms with van der Waals surface area (Å²) in [4.78, 5) is 36.6. The number of carbonyl (C=O) groups excluding carboxylic acids is 2. The first-order chi connectivity index (χ1) is 29.8. The lowest BCUT2D eigenvalue weighted by Crippen LogP contribution is -2.27. The largest absolute Gasteiger partial charge is 0.569 e. The number of aryl methyl sites for hydroxylation is 2. The van der Waals surface area contributed by atoms with Gasteiger partial charge in [-0.1, -0.05) is 46.3 Å². The van der Waals surface area contributed by atoms with Gasteiger partial charge < -0.3 is 40.4 Å². The van der Waals surface area contributed by atoms with Gasteiger partial charge in [-0.2, -0.15) is 0 Å². The molecule has 0 bridgehead atoms. The SMILES string of the molecule is Cc1ccc(O[C@H]2CCN(c3ccc(-c4ccc(F)cc4)cc3C(N)=O)C2)nc1.Cc1ccc(O[C@H]2CCN(c3ccc(Br)cc3C(N)=O)C2)nc1.O[B]Oc1ccc(F)cc1. The van der Waals surface area contributed by atoms with E-state index in [1.807, 2.05) is 62.4 Å². The summed E-state index contributed by atoms with van der Waals surface area (Å²) in [6, 6.07) is 30.4. The molecule has 2 atom stereocenters. The molecular weight excluding hydrogens is 861 g/mol. The van der Waals surface area contributed by atoms with Gasteiger partial charge in [-0.25, -0.2) is 18.7 Å². The number of primary amides is 2. The minimum atomic E-state index is -0.492. The zero-order chi connectivity index (χ0) is 44.2. The Balaban J connectivity index is 0.000000173. The highest BCUT2D eigenvalue weighted by molar-refractivity contribution is 9.10. The maximum absolute atomic E-state index is 13.2. The molecule has 5 N–H and O–H groups in total. The Kier molecular flexibility index (Phi) is 15.5. The highest BCUT2D eigenvalue weighted by Crippen LogP contribution is 2.32. The quantitative estimate of drug-likeness (QED) is 0.110. The molecule has 12 nitrogen and oxygen atoms in total. The third-order valence-corrected chi connectivity index (χ3v) is 10.5. The molecule has 2 amide bonds. The van der Waals surface area contributed by atoms with Gasteiger partial charge in [0.05, 0.1) is 24.2 Å². The predicted molar refractivity (Wildman–Crippen MR) is 238 cm³/mol. The van der Waals surface area contributed by atoms with Crippen LogP contribution >= 0.6 is 15.9 Å². The van der Waals surface area contributed by atoms with Crippen LogP contribution in [0.2, 0.25) is 0 Å². The first kappa shape index (κ1) is 45.0. The molecule has 2 aromatic heterocycles. The van der Waals surface area contributed by atoms with Gasteiger partial charge in [-0.15, -0.1) is 0 Å². The molecule has 0 unspecified atom stereocenters. The molecular formula is C46H45BBrF2N6O6. The predicted octanol–water partition coefficient (Wildman–Crippen LogP) is 7.59. The summed E-state index contributed by atoms with van der Waals surface area (Å²) in [5, 5.41) is 8.15. The molecule has 2 saturated heterocycles. The average molecular weight is 907 g/mol. The molecule has 4 heterocycles. The van der Waals surface area contributed by atoms with Gasteiger partial charge in [0.2, 0.25) is 11.8 Å². The maximum atomic E-state index is 13.2. The molecule has 0 aliphatic carbocycles. The summed E-state index contributed by atoms with van der Waals surface area (Å²) in [7, 11) is 0.549. The summed E-state index contributed by atoms with van der Waals surface area (Å²) >= 11 is 3.38. The van der Waals surface area contributed by atoms with Gasteiger partial charge in [0.25, 0.3) is 11.8 Å². The number of carbonyl (C=O) groups is 2. The Morgan fingerprint density at radius 2 is 1.15 bits per heavy atom. The Bertz CT molecular complexity index is 2430.